The van der Waals surface area contributed by atoms with Gasteiger partial charge in [-0.2, -0.15) is 0 Å². The van der Waals surface area contributed by atoms with Crippen LogP contribution in [-0.2, 0) is 11.2 Å². The predicted molar refractivity (Wildman–Crippen MR) is 157 cm³/mol. The van der Waals surface area contributed by atoms with Crippen LogP contribution in [0.4, 0.5) is 22.0 Å². The molecule has 2 aromatic carbocycles. The van der Waals surface area contributed by atoms with Crippen LogP contribution in [0.5, 0.6) is 5.75 Å². The minimum absolute atomic E-state index is 0.0670. The molecule has 0 saturated carbocycles. The molecule has 10 heteroatoms. The number of carbonyl (C=O) groups is 2. The van der Waals surface area contributed by atoms with Crippen LogP contribution in [0.1, 0.15) is 40.4 Å². The number of methoxy groups -OCH3 is 2. The maximum Gasteiger partial charge on any atom is 0.322 e. The number of ether oxygens (including phenoxy) is 2. The van der Waals surface area contributed by atoms with Gasteiger partial charge in [-0.25, -0.2) is 14.8 Å². The number of nitrogens with zero attached hydrogens (tertiary/aromatic N) is 5. The maximum atomic E-state index is 13.6. The Kier molecular flexibility index (Phi) is 7.21. The zero-order chi connectivity index (χ0) is 28.5. The summed E-state index contributed by atoms with van der Waals surface area (Å²) in [7, 11) is 3.25. The van der Waals surface area contributed by atoms with Crippen LogP contribution in [0.2, 0.25) is 0 Å². The molecule has 4 heterocycles. The van der Waals surface area contributed by atoms with E-state index in [1.165, 1.54) is 6.33 Å². The average molecular weight is 555 g/mol. The van der Waals surface area contributed by atoms with Crippen LogP contribution >= 0.6 is 0 Å². The molecule has 1 saturated heterocycles. The minimum atomic E-state index is -0.181. The van der Waals surface area contributed by atoms with E-state index in [1.54, 1.807) is 25.2 Å². The monoisotopic (exact) mass is 554 g/mol. The highest BCUT2D eigenvalue weighted by Gasteiger charge is 2.36. The fourth-order valence-electron chi connectivity index (χ4n) is 6.10. The molecule has 1 unspecified atom stereocenters. The molecule has 1 atom stereocenters. The summed E-state index contributed by atoms with van der Waals surface area (Å²) in [5.41, 5.74) is 4.12. The first-order valence-electron chi connectivity index (χ1n) is 13.9. The van der Waals surface area contributed by atoms with Gasteiger partial charge in [-0.1, -0.05) is 24.8 Å². The van der Waals surface area contributed by atoms with E-state index in [-0.39, 0.29) is 23.9 Å². The van der Waals surface area contributed by atoms with E-state index in [0.29, 0.717) is 30.4 Å². The fourth-order valence-corrected chi connectivity index (χ4v) is 6.10. The number of anilines is 3. The molecule has 0 aliphatic carbocycles. The minimum Gasteiger partial charge on any atom is -0.501 e. The lowest BCUT2D eigenvalue weighted by atomic mass is 10.0. The summed E-state index contributed by atoms with van der Waals surface area (Å²) < 4.78 is 10.8. The van der Waals surface area contributed by atoms with Gasteiger partial charge in [0.15, 0.2) is 0 Å². The number of aromatic nitrogens is 2. The van der Waals surface area contributed by atoms with E-state index in [9.17, 15) is 9.59 Å². The number of carbonyl (C=O) groups excluding carboxylic acids is 2. The van der Waals surface area contributed by atoms with Gasteiger partial charge in [-0.05, 0) is 54.7 Å². The summed E-state index contributed by atoms with van der Waals surface area (Å²) in [6, 6.07) is 15.4. The van der Waals surface area contributed by atoms with Gasteiger partial charge in [0.2, 0.25) is 0 Å². The number of hydrogen-bond acceptors (Lipinski definition) is 7. The Bertz CT molecular complexity index is 1480. The van der Waals surface area contributed by atoms with Crippen LogP contribution in [0, 0.1) is 0 Å². The molecule has 10 nitrogen and oxygen atoms in total. The van der Waals surface area contributed by atoms with Crippen molar-refractivity contribution in [1.82, 2.24) is 14.9 Å². The molecule has 3 amide bonds. The summed E-state index contributed by atoms with van der Waals surface area (Å²) in [5, 5.41) is 3.07. The fraction of sp³-hybridized carbons (Fsp3) is 0.355. The molecular formula is C31H34N6O4. The van der Waals surface area contributed by atoms with Crippen molar-refractivity contribution in [3.05, 3.63) is 84.0 Å². The third-order valence-electron chi connectivity index (χ3n) is 8.40. The number of para-hydroxylation sites is 1. The molecule has 1 fully saturated rings. The zero-order valence-corrected chi connectivity index (χ0v) is 23.4. The standard InChI is InChI=1S/C31H34N6O4/c1-20(40-2)25-18-37(28-7-5-4-6-24(25)28)30(38)27-17-29(33-19-32-27)35-13-11-22(12-14-35)36-15-10-21-16-23(41-3)8-9-26(21)34-31(36)39/h4-9,16-17,19,22,25H,1,10-15,18H2,2-3H3,(H,34,39). The smallest absolute Gasteiger partial charge is 0.322 e. The van der Waals surface area contributed by atoms with Crippen molar-refractivity contribution >= 4 is 29.1 Å². The van der Waals surface area contributed by atoms with Gasteiger partial charge in [-0.15, -0.1) is 0 Å². The second-order valence-corrected chi connectivity index (χ2v) is 10.6. The van der Waals surface area contributed by atoms with E-state index >= 15 is 0 Å². The summed E-state index contributed by atoms with van der Waals surface area (Å²) in [5.74, 6) is 1.86. The first kappa shape index (κ1) is 26.6. The van der Waals surface area contributed by atoms with Crippen molar-refractivity contribution < 1.29 is 19.1 Å². The third-order valence-corrected chi connectivity index (χ3v) is 8.40. The highest BCUT2D eigenvalue weighted by molar-refractivity contribution is 6.06. The van der Waals surface area contributed by atoms with Gasteiger partial charge in [0.05, 0.1) is 25.9 Å². The summed E-state index contributed by atoms with van der Waals surface area (Å²) >= 11 is 0. The van der Waals surface area contributed by atoms with Gasteiger partial charge in [0.25, 0.3) is 5.91 Å². The molecule has 0 bridgehead atoms. The van der Waals surface area contributed by atoms with Gasteiger partial charge in [0.1, 0.15) is 23.6 Å². The Hall–Kier alpha value is -4.60. The van der Waals surface area contributed by atoms with Crippen molar-refractivity contribution in [2.75, 3.05) is 55.5 Å². The number of nitrogens with one attached hydrogen (secondary N) is 1. The lowest BCUT2D eigenvalue weighted by Crippen LogP contribution is -2.49. The first-order valence-corrected chi connectivity index (χ1v) is 13.9. The zero-order valence-electron chi connectivity index (χ0n) is 23.4. The first-order chi connectivity index (χ1) is 20.0. The van der Waals surface area contributed by atoms with Gasteiger partial charge in [-0.3, -0.25) is 4.79 Å². The number of amides is 3. The van der Waals surface area contributed by atoms with Crippen LogP contribution in [0.3, 0.4) is 0 Å². The Morgan fingerprint density at radius 2 is 1.85 bits per heavy atom. The number of urea groups is 1. The highest BCUT2D eigenvalue weighted by Crippen LogP contribution is 2.40. The quantitative estimate of drug-likeness (QED) is 0.450. The molecule has 1 aromatic heterocycles. The normalized spacial score (nSPS) is 18.7. The lowest BCUT2D eigenvalue weighted by molar-refractivity contribution is 0.0982. The number of rotatable bonds is 6. The molecule has 6 rings (SSSR count). The van der Waals surface area contributed by atoms with E-state index in [2.05, 4.69) is 26.8 Å². The molecule has 3 aromatic rings. The van der Waals surface area contributed by atoms with E-state index in [1.807, 2.05) is 47.4 Å². The summed E-state index contributed by atoms with van der Waals surface area (Å²) in [6.07, 6.45) is 3.83. The molecule has 3 aliphatic heterocycles. The molecule has 212 valence electrons. The van der Waals surface area contributed by atoms with Crippen LogP contribution in [0.15, 0.2) is 67.2 Å². The largest absolute Gasteiger partial charge is 0.501 e. The Morgan fingerprint density at radius 3 is 2.63 bits per heavy atom. The topological polar surface area (TPSA) is 100 Å². The molecule has 3 aliphatic rings. The van der Waals surface area contributed by atoms with Gasteiger partial charge >= 0.3 is 6.03 Å². The Balaban J connectivity index is 1.12. The van der Waals surface area contributed by atoms with Crippen LogP contribution in [-0.4, -0.2) is 73.2 Å². The second-order valence-electron chi connectivity index (χ2n) is 10.6. The van der Waals surface area contributed by atoms with Crippen molar-refractivity contribution in [3.63, 3.8) is 0 Å². The molecule has 1 N–H and O–H groups in total. The average Bonchev–Trinajstić information content (AvgIpc) is 3.32. The SMILES string of the molecule is C=C(OC)C1CN(C(=O)c2cc(N3CCC(N4CCc5cc(OC)ccc5NC4=O)CC3)ncn2)c2ccccc21. The Labute approximate surface area is 239 Å². The molecule has 41 heavy (non-hydrogen) atoms. The summed E-state index contributed by atoms with van der Waals surface area (Å²) in [6.45, 7) is 6.58. The van der Waals surface area contributed by atoms with E-state index in [0.717, 1.165) is 60.6 Å². The van der Waals surface area contributed by atoms with Crippen molar-refractivity contribution in [1.29, 1.82) is 0 Å². The molecule has 0 spiro atoms. The number of hydrogen-bond donors (Lipinski definition) is 1. The number of fused-ring (bicyclic) bond motifs is 2. The van der Waals surface area contributed by atoms with E-state index < -0.39 is 0 Å². The number of benzene rings is 2. The van der Waals surface area contributed by atoms with Crippen molar-refractivity contribution in [3.8, 4) is 5.75 Å². The maximum absolute atomic E-state index is 13.6. The van der Waals surface area contributed by atoms with E-state index in [4.69, 9.17) is 9.47 Å². The lowest BCUT2D eigenvalue weighted by Gasteiger charge is -2.38. The van der Waals surface area contributed by atoms with Crippen LogP contribution < -0.4 is 19.9 Å². The van der Waals surface area contributed by atoms with Crippen molar-refractivity contribution in [2.24, 2.45) is 0 Å². The van der Waals surface area contributed by atoms with Gasteiger partial charge in [0, 0.05) is 49.7 Å². The van der Waals surface area contributed by atoms with Crippen LogP contribution in [0.25, 0.3) is 0 Å². The Morgan fingerprint density at radius 1 is 1.05 bits per heavy atom. The third kappa shape index (κ3) is 5.05. The second kappa shape index (κ2) is 11.1. The highest BCUT2D eigenvalue weighted by atomic mass is 16.5. The molecule has 0 radical (unpaired) electrons. The molecular weight excluding hydrogens is 520 g/mol. The van der Waals surface area contributed by atoms with Crippen molar-refractivity contribution in [2.45, 2.75) is 31.2 Å². The number of piperidine rings is 1. The predicted octanol–water partition coefficient (Wildman–Crippen LogP) is 4.45. The summed E-state index contributed by atoms with van der Waals surface area (Å²) in [4.78, 5) is 41.4. The van der Waals surface area contributed by atoms with Gasteiger partial charge < -0.3 is 29.5 Å².